The zero-order valence-corrected chi connectivity index (χ0v) is 10.4. The Morgan fingerprint density at radius 2 is 1.00 bits per heavy atom. The molecule has 0 aromatic heterocycles. The monoisotopic (exact) mass is 196 g/mol. The fourth-order valence-corrected chi connectivity index (χ4v) is 1.20. The number of hydrogen-bond donors (Lipinski definition) is 0. The molecule has 14 heavy (non-hydrogen) atoms. The lowest BCUT2D eigenvalue weighted by atomic mass is 10.4. The van der Waals surface area contributed by atoms with E-state index in [9.17, 15) is 0 Å². The van der Waals surface area contributed by atoms with Crippen LogP contribution < -0.4 is 0 Å². The van der Waals surface area contributed by atoms with Crippen LogP contribution >= 0.6 is 0 Å². The van der Waals surface area contributed by atoms with Crippen LogP contribution in [0, 0.1) is 0 Å². The first kappa shape index (κ1) is 15.8. The van der Waals surface area contributed by atoms with Gasteiger partial charge in [-0.25, -0.2) is 12.1 Å². The summed E-state index contributed by atoms with van der Waals surface area (Å²) < 4.78 is 0. The molecule has 0 heteroatoms. The molecule has 0 bridgehead atoms. The minimum absolute atomic E-state index is 0. The average Bonchev–Trinajstić information content (AvgIpc) is 3.01. The van der Waals surface area contributed by atoms with Crippen LogP contribution in [-0.2, 0) is 0 Å². The molecule has 0 heterocycles. The first-order chi connectivity index (χ1) is 7.00. The number of hydrogen-bond acceptors (Lipinski definition) is 0. The molecule has 1 saturated carbocycles. The lowest BCUT2D eigenvalue weighted by molar-refractivity contribution is 0.886. The second-order valence-electron chi connectivity index (χ2n) is 2.73. The Balaban J connectivity index is -0.000000138. The molecule has 1 aliphatic carbocycles. The predicted molar refractivity (Wildman–Crippen MR) is 68.9 cm³/mol. The standard InChI is InChI=1S/C5H10.C5H5.2C2H6/c2*1-2-4-5-3-1;2*1-2/h1-5H2;1-5H;2*1-2H3/q;-1;;/p+1. The molecule has 0 radical (unpaired) electrons. The highest BCUT2D eigenvalue weighted by Crippen LogP contribution is 2.15. The van der Waals surface area contributed by atoms with E-state index in [0.717, 1.165) is 0 Å². The summed E-state index contributed by atoms with van der Waals surface area (Å²) in [6, 6.07) is 10.0. The van der Waals surface area contributed by atoms with Crippen molar-refractivity contribution in [3.63, 3.8) is 0 Å². The molecule has 0 aliphatic heterocycles. The van der Waals surface area contributed by atoms with Crippen LogP contribution in [0.3, 0.4) is 0 Å². The van der Waals surface area contributed by atoms with E-state index in [1.165, 1.54) is 32.1 Å². The van der Waals surface area contributed by atoms with Gasteiger partial charge in [-0.05, 0) is 0 Å². The second-order valence-corrected chi connectivity index (χ2v) is 2.73. The van der Waals surface area contributed by atoms with Crippen molar-refractivity contribution in [2.24, 2.45) is 0 Å². The molecule has 1 aromatic rings. The summed E-state index contributed by atoms with van der Waals surface area (Å²) in [5.74, 6) is 0. The van der Waals surface area contributed by atoms with Crippen molar-refractivity contribution in [2.45, 2.75) is 59.8 Å². The van der Waals surface area contributed by atoms with E-state index >= 15 is 0 Å². The van der Waals surface area contributed by atoms with Gasteiger partial charge in [0.2, 0.25) is 0 Å². The van der Waals surface area contributed by atoms with Gasteiger partial charge >= 0.3 is 1.43 Å². The molecule has 0 amide bonds. The van der Waals surface area contributed by atoms with Gasteiger partial charge in [-0.2, -0.15) is 18.2 Å². The quantitative estimate of drug-likeness (QED) is 0.479. The van der Waals surface area contributed by atoms with E-state index in [4.69, 9.17) is 0 Å². The Kier molecular flexibility index (Phi) is 20.5. The normalized spacial score (nSPS) is 12.3. The summed E-state index contributed by atoms with van der Waals surface area (Å²) in [5.41, 5.74) is 0. The minimum atomic E-state index is 0. The van der Waals surface area contributed by atoms with E-state index in [0.29, 0.717) is 0 Å². The summed E-state index contributed by atoms with van der Waals surface area (Å²) in [5, 5.41) is 0. The third-order valence-electron chi connectivity index (χ3n) is 1.81. The Morgan fingerprint density at radius 1 is 0.714 bits per heavy atom. The van der Waals surface area contributed by atoms with E-state index in [1.807, 2.05) is 58.0 Å². The van der Waals surface area contributed by atoms with Crippen molar-refractivity contribution < 1.29 is 1.43 Å². The summed E-state index contributed by atoms with van der Waals surface area (Å²) in [6.07, 6.45) is 7.50. The van der Waals surface area contributed by atoms with Crippen LogP contribution in [0.4, 0.5) is 0 Å². The Bertz CT molecular complexity index is 104. The zero-order valence-electron chi connectivity index (χ0n) is 11.4. The van der Waals surface area contributed by atoms with Crippen molar-refractivity contribution in [3.8, 4) is 0 Å². The first-order valence-electron chi connectivity index (χ1n) is 6.17. The Hall–Kier alpha value is -0.650. The summed E-state index contributed by atoms with van der Waals surface area (Å²) >= 11 is 0. The van der Waals surface area contributed by atoms with Crippen molar-refractivity contribution in [3.05, 3.63) is 30.3 Å². The minimum Gasteiger partial charge on any atom is -0.214 e. The lowest BCUT2D eigenvalue weighted by Crippen LogP contribution is -1.47. The summed E-state index contributed by atoms with van der Waals surface area (Å²) in [6.45, 7) is 8.00. The van der Waals surface area contributed by atoms with Gasteiger partial charge in [-0.1, -0.05) is 59.8 Å². The van der Waals surface area contributed by atoms with Crippen LogP contribution in [0.2, 0.25) is 0 Å². The van der Waals surface area contributed by atoms with Gasteiger partial charge in [0, 0.05) is 0 Å². The largest absolute Gasteiger partial charge is 1.00 e. The molecule has 2 rings (SSSR count). The smallest absolute Gasteiger partial charge is 0.214 e. The predicted octanol–water partition coefficient (Wildman–Crippen LogP) is 5.52. The molecular weight excluding hydrogens is 168 g/mol. The molecule has 1 aliphatic rings. The van der Waals surface area contributed by atoms with Gasteiger partial charge in [0.05, 0.1) is 0 Å². The molecular formula is C14H28. The van der Waals surface area contributed by atoms with Crippen LogP contribution in [0.15, 0.2) is 30.3 Å². The van der Waals surface area contributed by atoms with Crippen molar-refractivity contribution in [1.29, 1.82) is 0 Å². The van der Waals surface area contributed by atoms with Crippen LogP contribution in [0.25, 0.3) is 0 Å². The maximum absolute atomic E-state index is 2.00. The van der Waals surface area contributed by atoms with Gasteiger partial charge in [0.15, 0.2) is 0 Å². The fourth-order valence-electron chi connectivity index (χ4n) is 1.20. The van der Waals surface area contributed by atoms with Crippen LogP contribution in [0.1, 0.15) is 61.2 Å². The van der Waals surface area contributed by atoms with Gasteiger partial charge < -0.3 is 0 Å². The van der Waals surface area contributed by atoms with Gasteiger partial charge in [-0.3, -0.25) is 0 Å². The summed E-state index contributed by atoms with van der Waals surface area (Å²) in [7, 11) is 0. The number of rotatable bonds is 0. The van der Waals surface area contributed by atoms with Gasteiger partial charge in [-0.15, -0.1) is 0 Å². The fraction of sp³-hybridized carbons (Fsp3) is 0.643. The maximum Gasteiger partial charge on any atom is 1.00 e. The van der Waals surface area contributed by atoms with Crippen molar-refractivity contribution in [1.82, 2.24) is 0 Å². The van der Waals surface area contributed by atoms with Gasteiger partial charge in [0.1, 0.15) is 0 Å². The molecule has 84 valence electrons. The van der Waals surface area contributed by atoms with Crippen molar-refractivity contribution in [2.75, 3.05) is 0 Å². The van der Waals surface area contributed by atoms with E-state index < -0.39 is 0 Å². The third kappa shape index (κ3) is 13.9. The Labute approximate surface area is 92.2 Å². The first-order valence-corrected chi connectivity index (χ1v) is 6.17. The molecule has 0 saturated heterocycles. The average molecular weight is 196 g/mol. The molecule has 1 fully saturated rings. The highest BCUT2D eigenvalue weighted by molar-refractivity contribution is 4.99. The van der Waals surface area contributed by atoms with E-state index in [-0.39, 0.29) is 1.43 Å². The van der Waals surface area contributed by atoms with Crippen LogP contribution in [-0.4, -0.2) is 0 Å². The lowest BCUT2D eigenvalue weighted by Gasteiger charge is -1.67. The topological polar surface area (TPSA) is 0 Å². The molecule has 0 nitrogen and oxygen atoms in total. The van der Waals surface area contributed by atoms with Gasteiger partial charge in [0.25, 0.3) is 0 Å². The third-order valence-corrected chi connectivity index (χ3v) is 1.81. The zero-order chi connectivity index (χ0) is 11.1. The Morgan fingerprint density at radius 3 is 1.14 bits per heavy atom. The van der Waals surface area contributed by atoms with Crippen LogP contribution in [0.5, 0.6) is 0 Å². The highest BCUT2D eigenvalue weighted by Gasteiger charge is 1.95. The molecule has 0 spiro atoms. The SMILES string of the molecule is C1CCCC1.CC.CC.[H+].c1cc[cH-]c1. The molecule has 0 atom stereocenters. The van der Waals surface area contributed by atoms with Crippen molar-refractivity contribution >= 4 is 0 Å². The highest BCUT2D eigenvalue weighted by atomic mass is 14.0. The van der Waals surface area contributed by atoms with E-state index in [2.05, 4.69) is 0 Å². The second kappa shape index (κ2) is 18.2. The molecule has 1 aromatic carbocycles. The molecule has 0 N–H and O–H groups in total. The summed E-state index contributed by atoms with van der Waals surface area (Å²) in [4.78, 5) is 0. The maximum atomic E-state index is 2.00. The van der Waals surface area contributed by atoms with E-state index in [1.54, 1.807) is 0 Å². The molecule has 0 unspecified atom stereocenters.